The largest absolute Gasteiger partial charge is 0.368 e. The summed E-state index contributed by atoms with van der Waals surface area (Å²) in [6, 6.07) is 15.4. The van der Waals surface area contributed by atoms with E-state index in [0.29, 0.717) is 19.5 Å². The summed E-state index contributed by atoms with van der Waals surface area (Å²) in [5.41, 5.74) is 9.59. The Balaban J connectivity index is 1.58. The standard InChI is InChI=1S/C20H24ClN3O/c1-15-7-8-17(21)14-19(15)23-9-11-24(12-10-23)20(25)18(22)13-16-5-3-2-4-6-16/h2-8,14,18H,9-13,22H2,1H3. The molecule has 0 spiro atoms. The van der Waals surface area contributed by atoms with E-state index >= 15 is 0 Å². The summed E-state index contributed by atoms with van der Waals surface area (Å²) in [7, 11) is 0. The van der Waals surface area contributed by atoms with E-state index in [0.717, 1.165) is 29.4 Å². The number of carbonyl (C=O) groups is 1. The Kier molecular flexibility index (Phi) is 5.61. The number of amides is 1. The Bertz CT molecular complexity index is 727. The van der Waals surface area contributed by atoms with Gasteiger partial charge in [-0.3, -0.25) is 4.79 Å². The minimum atomic E-state index is -0.484. The highest BCUT2D eigenvalue weighted by molar-refractivity contribution is 6.30. The molecular weight excluding hydrogens is 334 g/mol. The monoisotopic (exact) mass is 357 g/mol. The van der Waals surface area contributed by atoms with Gasteiger partial charge in [0.2, 0.25) is 5.91 Å². The maximum Gasteiger partial charge on any atom is 0.239 e. The zero-order valence-corrected chi connectivity index (χ0v) is 15.2. The highest BCUT2D eigenvalue weighted by atomic mass is 35.5. The van der Waals surface area contributed by atoms with Gasteiger partial charge < -0.3 is 15.5 Å². The van der Waals surface area contributed by atoms with Crippen LogP contribution >= 0.6 is 11.6 Å². The third-order valence-corrected chi connectivity index (χ3v) is 4.95. The molecule has 2 aromatic rings. The zero-order valence-electron chi connectivity index (χ0n) is 14.5. The fourth-order valence-electron chi connectivity index (χ4n) is 3.28. The van der Waals surface area contributed by atoms with E-state index in [9.17, 15) is 4.79 Å². The number of nitrogens with zero attached hydrogens (tertiary/aromatic N) is 2. The molecule has 0 aromatic heterocycles. The lowest BCUT2D eigenvalue weighted by Crippen LogP contribution is -2.53. The van der Waals surface area contributed by atoms with Crippen LogP contribution in [0, 0.1) is 6.92 Å². The molecule has 1 heterocycles. The van der Waals surface area contributed by atoms with Crippen LogP contribution in [0.25, 0.3) is 0 Å². The lowest BCUT2D eigenvalue weighted by Gasteiger charge is -2.37. The molecule has 25 heavy (non-hydrogen) atoms. The van der Waals surface area contributed by atoms with Crippen molar-refractivity contribution in [3.63, 3.8) is 0 Å². The number of anilines is 1. The second-order valence-corrected chi connectivity index (χ2v) is 6.98. The summed E-state index contributed by atoms with van der Waals surface area (Å²) in [6.45, 7) is 5.05. The Labute approximate surface area is 154 Å². The van der Waals surface area contributed by atoms with Crippen molar-refractivity contribution in [2.45, 2.75) is 19.4 Å². The van der Waals surface area contributed by atoms with Crippen LogP contribution in [0.2, 0.25) is 5.02 Å². The minimum absolute atomic E-state index is 0.0336. The van der Waals surface area contributed by atoms with E-state index in [1.54, 1.807) is 0 Å². The van der Waals surface area contributed by atoms with E-state index < -0.39 is 6.04 Å². The summed E-state index contributed by atoms with van der Waals surface area (Å²) in [5.74, 6) is 0.0336. The number of hydrogen-bond acceptors (Lipinski definition) is 3. The molecule has 3 rings (SSSR count). The third kappa shape index (κ3) is 4.33. The van der Waals surface area contributed by atoms with Crippen LogP contribution in [-0.2, 0) is 11.2 Å². The molecule has 5 heteroatoms. The van der Waals surface area contributed by atoms with Gasteiger partial charge in [-0.15, -0.1) is 0 Å². The maximum absolute atomic E-state index is 12.6. The van der Waals surface area contributed by atoms with Crippen molar-refractivity contribution in [2.24, 2.45) is 5.73 Å². The van der Waals surface area contributed by atoms with Gasteiger partial charge in [0.25, 0.3) is 0 Å². The first-order valence-electron chi connectivity index (χ1n) is 8.64. The maximum atomic E-state index is 12.6. The Hall–Kier alpha value is -2.04. The number of piperazine rings is 1. The van der Waals surface area contributed by atoms with E-state index in [4.69, 9.17) is 17.3 Å². The molecule has 2 N–H and O–H groups in total. The summed E-state index contributed by atoms with van der Waals surface area (Å²) in [5, 5.41) is 0.740. The second-order valence-electron chi connectivity index (χ2n) is 6.54. The Morgan fingerprint density at radius 1 is 1.12 bits per heavy atom. The van der Waals surface area contributed by atoms with Crippen LogP contribution in [0.4, 0.5) is 5.69 Å². The lowest BCUT2D eigenvalue weighted by atomic mass is 10.1. The molecule has 2 aromatic carbocycles. The fraction of sp³-hybridized carbons (Fsp3) is 0.350. The van der Waals surface area contributed by atoms with E-state index in [-0.39, 0.29) is 5.91 Å². The van der Waals surface area contributed by atoms with Gasteiger partial charge in [-0.25, -0.2) is 0 Å². The highest BCUT2D eigenvalue weighted by Gasteiger charge is 2.26. The van der Waals surface area contributed by atoms with Crippen molar-refractivity contribution in [2.75, 3.05) is 31.1 Å². The Morgan fingerprint density at radius 3 is 2.48 bits per heavy atom. The summed E-state index contributed by atoms with van der Waals surface area (Å²) < 4.78 is 0. The molecule has 1 fully saturated rings. The summed E-state index contributed by atoms with van der Waals surface area (Å²) in [4.78, 5) is 16.8. The molecule has 1 atom stereocenters. The number of halogens is 1. The first-order valence-corrected chi connectivity index (χ1v) is 9.02. The molecule has 0 saturated carbocycles. The lowest BCUT2D eigenvalue weighted by molar-refractivity contribution is -0.132. The first kappa shape index (κ1) is 17.8. The molecule has 0 aliphatic carbocycles. The van der Waals surface area contributed by atoms with Crippen LogP contribution in [-0.4, -0.2) is 43.0 Å². The number of nitrogens with two attached hydrogens (primary N) is 1. The van der Waals surface area contributed by atoms with E-state index in [1.165, 1.54) is 5.56 Å². The first-order chi connectivity index (χ1) is 12.0. The van der Waals surface area contributed by atoms with Crippen LogP contribution in [0.5, 0.6) is 0 Å². The van der Waals surface area contributed by atoms with Crippen LogP contribution < -0.4 is 10.6 Å². The van der Waals surface area contributed by atoms with Crippen molar-refractivity contribution >= 4 is 23.2 Å². The van der Waals surface area contributed by atoms with Crippen LogP contribution in [0.15, 0.2) is 48.5 Å². The van der Waals surface area contributed by atoms with Crippen LogP contribution in [0.3, 0.4) is 0 Å². The van der Waals surface area contributed by atoms with Crippen LogP contribution in [0.1, 0.15) is 11.1 Å². The van der Waals surface area contributed by atoms with Gasteiger partial charge in [0.05, 0.1) is 6.04 Å². The molecule has 132 valence electrons. The Morgan fingerprint density at radius 2 is 1.80 bits per heavy atom. The predicted molar refractivity (Wildman–Crippen MR) is 103 cm³/mol. The SMILES string of the molecule is Cc1ccc(Cl)cc1N1CCN(C(=O)C(N)Cc2ccccc2)CC1. The smallest absolute Gasteiger partial charge is 0.239 e. The van der Waals surface area contributed by atoms with Gasteiger partial charge in [-0.05, 0) is 36.6 Å². The number of aryl methyl sites for hydroxylation is 1. The number of rotatable bonds is 4. The fourth-order valence-corrected chi connectivity index (χ4v) is 3.45. The van der Waals surface area contributed by atoms with Gasteiger partial charge in [-0.2, -0.15) is 0 Å². The topological polar surface area (TPSA) is 49.6 Å². The third-order valence-electron chi connectivity index (χ3n) is 4.72. The minimum Gasteiger partial charge on any atom is -0.368 e. The molecule has 0 bridgehead atoms. The molecule has 1 aliphatic rings. The van der Waals surface area contributed by atoms with Crippen molar-refractivity contribution in [1.82, 2.24) is 4.90 Å². The van der Waals surface area contributed by atoms with Gasteiger partial charge in [0, 0.05) is 36.9 Å². The number of hydrogen-bond donors (Lipinski definition) is 1. The molecular formula is C20H24ClN3O. The average molecular weight is 358 g/mol. The normalized spacial score (nSPS) is 16.0. The number of carbonyl (C=O) groups excluding carboxylic acids is 1. The zero-order chi connectivity index (χ0) is 17.8. The molecule has 1 unspecified atom stereocenters. The van der Waals surface area contributed by atoms with E-state index in [1.807, 2.05) is 53.4 Å². The van der Waals surface area contributed by atoms with Gasteiger partial charge in [0.15, 0.2) is 0 Å². The van der Waals surface area contributed by atoms with Crippen molar-refractivity contribution in [1.29, 1.82) is 0 Å². The predicted octanol–water partition coefficient (Wildman–Crippen LogP) is 2.87. The molecule has 1 saturated heterocycles. The van der Waals surface area contributed by atoms with Crippen molar-refractivity contribution < 1.29 is 4.79 Å². The summed E-state index contributed by atoms with van der Waals surface area (Å²) in [6.07, 6.45) is 0.577. The number of benzene rings is 2. The van der Waals surface area contributed by atoms with Gasteiger partial charge in [0.1, 0.15) is 0 Å². The van der Waals surface area contributed by atoms with Gasteiger partial charge >= 0.3 is 0 Å². The molecule has 0 radical (unpaired) electrons. The van der Waals surface area contributed by atoms with E-state index in [2.05, 4.69) is 11.8 Å². The van der Waals surface area contributed by atoms with Crippen molar-refractivity contribution in [3.05, 3.63) is 64.7 Å². The quantitative estimate of drug-likeness (QED) is 0.915. The van der Waals surface area contributed by atoms with Gasteiger partial charge in [-0.1, -0.05) is 48.0 Å². The molecule has 4 nitrogen and oxygen atoms in total. The second kappa shape index (κ2) is 7.89. The molecule has 1 amide bonds. The molecule has 1 aliphatic heterocycles. The highest BCUT2D eigenvalue weighted by Crippen LogP contribution is 2.25. The summed E-state index contributed by atoms with van der Waals surface area (Å²) >= 11 is 6.13. The van der Waals surface area contributed by atoms with Crippen molar-refractivity contribution in [3.8, 4) is 0 Å². The average Bonchev–Trinajstić information content (AvgIpc) is 2.64.